The predicted molar refractivity (Wildman–Crippen MR) is 71.2 cm³/mol. The molecule has 0 aliphatic carbocycles. The van der Waals surface area contributed by atoms with Gasteiger partial charge in [0.25, 0.3) is 0 Å². The molecular weight excluding hydrogens is 244 g/mol. The molecule has 0 radical (unpaired) electrons. The van der Waals surface area contributed by atoms with Crippen molar-refractivity contribution in [3.8, 4) is 5.75 Å². The van der Waals surface area contributed by atoms with Gasteiger partial charge in [-0.25, -0.2) is 4.79 Å². The number of benzene rings is 1. The molecule has 0 N–H and O–H groups in total. The van der Waals surface area contributed by atoms with Crippen LogP contribution in [0, 0.1) is 0 Å². The summed E-state index contributed by atoms with van der Waals surface area (Å²) in [5, 5.41) is 0. The van der Waals surface area contributed by atoms with Crippen LogP contribution in [0.25, 0.3) is 0 Å². The van der Waals surface area contributed by atoms with Crippen molar-refractivity contribution in [2.75, 3.05) is 6.61 Å². The number of hydrogen-bond donors (Lipinski definition) is 0. The number of carbonyl (C=O) groups is 1. The van der Waals surface area contributed by atoms with E-state index in [-0.39, 0.29) is 12.1 Å². The predicted octanol–water partition coefficient (Wildman–Crippen LogP) is 3.16. The molecule has 0 bridgehead atoms. The summed E-state index contributed by atoms with van der Waals surface area (Å²) in [6, 6.07) is 6.97. The Balaban J connectivity index is 1.91. The Morgan fingerprint density at radius 3 is 2.58 bits per heavy atom. The first-order valence-corrected chi connectivity index (χ1v) is 6.74. The van der Waals surface area contributed by atoms with Crippen molar-refractivity contribution in [1.29, 1.82) is 0 Å². The minimum atomic E-state index is -0.396. The third kappa shape index (κ3) is 4.24. The molecule has 0 saturated carbocycles. The van der Waals surface area contributed by atoms with E-state index in [2.05, 4.69) is 0 Å². The van der Waals surface area contributed by atoms with Crippen molar-refractivity contribution in [2.45, 2.75) is 45.5 Å². The normalized spacial score (nSPS) is 19.2. The summed E-state index contributed by atoms with van der Waals surface area (Å²) in [4.78, 5) is 11.9. The maximum absolute atomic E-state index is 11.9. The second kappa shape index (κ2) is 6.57. The minimum absolute atomic E-state index is 0.119. The van der Waals surface area contributed by atoms with Gasteiger partial charge >= 0.3 is 5.97 Å². The number of rotatable bonds is 4. The van der Waals surface area contributed by atoms with Crippen LogP contribution in [0.4, 0.5) is 0 Å². The summed E-state index contributed by atoms with van der Waals surface area (Å²) in [7, 11) is 0. The molecule has 1 fully saturated rings. The summed E-state index contributed by atoms with van der Waals surface area (Å²) < 4.78 is 16.2. The molecule has 4 heteroatoms. The van der Waals surface area contributed by atoms with Gasteiger partial charge in [0.05, 0.1) is 18.3 Å². The van der Waals surface area contributed by atoms with Crippen LogP contribution >= 0.6 is 0 Å². The van der Waals surface area contributed by atoms with Crippen molar-refractivity contribution in [1.82, 2.24) is 0 Å². The van der Waals surface area contributed by atoms with Crippen LogP contribution in [0.15, 0.2) is 24.3 Å². The Bertz CT molecular complexity index is 405. The highest BCUT2D eigenvalue weighted by Gasteiger charge is 2.19. The average molecular weight is 264 g/mol. The topological polar surface area (TPSA) is 44.8 Å². The molecule has 1 unspecified atom stereocenters. The van der Waals surface area contributed by atoms with Gasteiger partial charge in [-0.15, -0.1) is 0 Å². The Labute approximate surface area is 113 Å². The number of ether oxygens (including phenoxy) is 3. The summed E-state index contributed by atoms with van der Waals surface area (Å²) >= 11 is 0. The lowest BCUT2D eigenvalue weighted by Gasteiger charge is -2.22. The third-order valence-corrected chi connectivity index (χ3v) is 2.84. The molecule has 1 aromatic rings. The van der Waals surface area contributed by atoms with Crippen LogP contribution < -0.4 is 4.74 Å². The fourth-order valence-electron chi connectivity index (χ4n) is 1.93. The first-order chi connectivity index (χ1) is 9.15. The molecule has 0 spiro atoms. The fourth-order valence-corrected chi connectivity index (χ4v) is 1.93. The van der Waals surface area contributed by atoms with Gasteiger partial charge in [0.15, 0.2) is 0 Å². The van der Waals surface area contributed by atoms with E-state index in [1.807, 2.05) is 13.8 Å². The monoisotopic (exact) mass is 264 g/mol. The highest BCUT2D eigenvalue weighted by Crippen LogP contribution is 2.18. The zero-order chi connectivity index (χ0) is 13.7. The number of carbonyl (C=O) groups excluding carboxylic acids is 1. The van der Waals surface area contributed by atoms with Crippen molar-refractivity contribution in [3.63, 3.8) is 0 Å². The largest absolute Gasteiger partial charge is 0.491 e. The Hall–Kier alpha value is -1.55. The maximum atomic E-state index is 11.9. The molecule has 19 heavy (non-hydrogen) atoms. The second-order valence-corrected chi connectivity index (χ2v) is 4.89. The quantitative estimate of drug-likeness (QED) is 0.784. The Morgan fingerprint density at radius 2 is 2.00 bits per heavy atom. The van der Waals surface area contributed by atoms with E-state index in [0.717, 1.165) is 25.0 Å². The van der Waals surface area contributed by atoms with Gasteiger partial charge in [-0.3, -0.25) is 0 Å². The van der Waals surface area contributed by atoms with E-state index in [1.165, 1.54) is 0 Å². The van der Waals surface area contributed by atoms with Crippen molar-refractivity contribution in [3.05, 3.63) is 29.8 Å². The first-order valence-electron chi connectivity index (χ1n) is 6.74. The van der Waals surface area contributed by atoms with Crippen molar-refractivity contribution in [2.24, 2.45) is 0 Å². The molecule has 104 valence electrons. The van der Waals surface area contributed by atoms with Gasteiger partial charge in [0.2, 0.25) is 6.29 Å². The van der Waals surface area contributed by atoms with Crippen LogP contribution in [0.1, 0.15) is 43.5 Å². The van der Waals surface area contributed by atoms with Crippen LogP contribution in [0.5, 0.6) is 5.75 Å². The number of esters is 1. The second-order valence-electron chi connectivity index (χ2n) is 4.89. The molecule has 1 atom stereocenters. The van der Waals surface area contributed by atoms with Gasteiger partial charge in [-0.1, -0.05) is 0 Å². The average Bonchev–Trinajstić information content (AvgIpc) is 2.40. The highest BCUT2D eigenvalue weighted by atomic mass is 16.7. The zero-order valence-electron chi connectivity index (χ0n) is 11.4. The van der Waals surface area contributed by atoms with Gasteiger partial charge in [0, 0.05) is 6.42 Å². The standard InChI is InChI=1S/C15H20O4/c1-11(2)18-13-8-6-12(7-9-13)15(16)19-14-5-3-4-10-17-14/h6-9,11,14H,3-5,10H2,1-2H3. The molecule has 4 nitrogen and oxygen atoms in total. The molecule has 1 aliphatic heterocycles. The lowest BCUT2D eigenvalue weighted by Crippen LogP contribution is -2.25. The Morgan fingerprint density at radius 1 is 1.26 bits per heavy atom. The van der Waals surface area contributed by atoms with E-state index in [0.29, 0.717) is 12.2 Å². The molecule has 1 aliphatic rings. The van der Waals surface area contributed by atoms with Crippen LogP contribution in [-0.4, -0.2) is 25.0 Å². The third-order valence-electron chi connectivity index (χ3n) is 2.84. The van der Waals surface area contributed by atoms with Crippen LogP contribution in [-0.2, 0) is 9.47 Å². The van der Waals surface area contributed by atoms with Crippen molar-refractivity contribution >= 4 is 5.97 Å². The smallest absolute Gasteiger partial charge is 0.340 e. The van der Waals surface area contributed by atoms with Gasteiger partial charge < -0.3 is 14.2 Å². The molecule has 1 aromatic carbocycles. The molecule has 0 aromatic heterocycles. The van der Waals surface area contributed by atoms with Gasteiger partial charge in [-0.2, -0.15) is 0 Å². The summed E-state index contributed by atoms with van der Waals surface area (Å²) in [5.74, 6) is 0.406. The maximum Gasteiger partial charge on any atom is 0.340 e. The molecule has 1 heterocycles. The molecule has 0 amide bonds. The van der Waals surface area contributed by atoms with Crippen LogP contribution in [0.3, 0.4) is 0 Å². The summed E-state index contributed by atoms with van der Waals surface area (Å²) in [6.45, 7) is 4.59. The van der Waals surface area contributed by atoms with E-state index in [9.17, 15) is 4.79 Å². The minimum Gasteiger partial charge on any atom is -0.491 e. The SMILES string of the molecule is CC(C)Oc1ccc(C(=O)OC2CCCCO2)cc1. The van der Waals surface area contributed by atoms with E-state index in [4.69, 9.17) is 14.2 Å². The van der Waals surface area contributed by atoms with Gasteiger partial charge in [-0.05, 0) is 51.0 Å². The fraction of sp³-hybridized carbons (Fsp3) is 0.533. The molecule has 2 rings (SSSR count). The van der Waals surface area contributed by atoms with E-state index >= 15 is 0 Å². The van der Waals surface area contributed by atoms with E-state index in [1.54, 1.807) is 24.3 Å². The summed E-state index contributed by atoms with van der Waals surface area (Å²) in [6.07, 6.45) is 2.58. The lowest BCUT2D eigenvalue weighted by atomic mass is 10.2. The van der Waals surface area contributed by atoms with Crippen molar-refractivity contribution < 1.29 is 19.0 Å². The lowest BCUT2D eigenvalue weighted by molar-refractivity contribution is -0.130. The van der Waals surface area contributed by atoms with Crippen LogP contribution in [0.2, 0.25) is 0 Å². The van der Waals surface area contributed by atoms with E-state index < -0.39 is 6.29 Å². The molecular formula is C15H20O4. The molecule has 1 saturated heterocycles. The zero-order valence-corrected chi connectivity index (χ0v) is 11.4. The van der Waals surface area contributed by atoms with Gasteiger partial charge in [0.1, 0.15) is 5.75 Å². The number of hydrogen-bond acceptors (Lipinski definition) is 4. The first kappa shape index (κ1) is 13.9. The Kier molecular flexibility index (Phi) is 4.80. The summed E-state index contributed by atoms with van der Waals surface area (Å²) in [5.41, 5.74) is 0.519. The highest BCUT2D eigenvalue weighted by molar-refractivity contribution is 5.89.